The summed E-state index contributed by atoms with van der Waals surface area (Å²) in [4.78, 5) is 13.0. The van der Waals surface area contributed by atoms with Gasteiger partial charge < -0.3 is 4.57 Å². The number of nitrogens with zero attached hydrogens (tertiary/aromatic N) is 1. The molecule has 166 valence electrons. The molecule has 0 saturated heterocycles. The largest absolute Gasteiger partial charge is 0.416 e. The van der Waals surface area contributed by atoms with Crippen LogP contribution in [0.1, 0.15) is 79.8 Å². The monoisotopic (exact) mass is 429 g/mol. The van der Waals surface area contributed by atoms with Crippen LogP contribution in [0.5, 0.6) is 0 Å². The standard InChI is InChI=1S/C26H30F3NO/c1-2-3-4-5-6-7-8-11-18-30-19-23(22-12-9-10-13-24(22)30)25(31)20-14-16-21(17-15-20)26(27,28)29/h9-10,12-17,19H,2-8,11,18H2,1H3. The van der Waals surface area contributed by atoms with Crippen molar-refractivity contribution in [3.8, 4) is 0 Å². The first-order chi connectivity index (χ1) is 14.9. The topological polar surface area (TPSA) is 22.0 Å². The summed E-state index contributed by atoms with van der Waals surface area (Å²) in [5.74, 6) is -0.250. The Morgan fingerprint density at radius 1 is 0.839 bits per heavy atom. The first-order valence-electron chi connectivity index (χ1n) is 11.2. The first kappa shape index (κ1) is 23.1. The van der Waals surface area contributed by atoms with Crippen LogP contribution in [0, 0.1) is 0 Å². The van der Waals surface area contributed by atoms with Crippen molar-refractivity contribution in [2.45, 2.75) is 71.0 Å². The number of unbranched alkanes of at least 4 members (excludes halogenated alkanes) is 7. The van der Waals surface area contributed by atoms with Gasteiger partial charge in [0, 0.05) is 34.8 Å². The van der Waals surface area contributed by atoms with Crippen LogP contribution in [-0.2, 0) is 12.7 Å². The van der Waals surface area contributed by atoms with E-state index < -0.39 is 11.7 Å². The Bertz CT molecular complexity index is 986. The lowest BCUT2D eigenvalue weighted by Gasteiger charge is -2.07. The maximum absolute atomic E-state index is 13.0. The predicted octanol–water partition coefficient (Wildman–Crippen LogP) is 8.03. The van der Waals surface area contributed by atoms with E-state index in [9.17, 15) is 18.0 Å². The summed E-state index contributed by atoms with van der Waals surface area (Å²) in [6, 6.07) is 12.2. The van der Waals surface area contributed by atoms with Crippen molar-refractivity contribution < 1.29 is 18.0 Å². The van der Waals surface area contributed by atoms with Crippen molar-refractivity contribution in [2.75, 3.05) is 0 Å². The van der Waals surface area contributed by atoms with Gasteiger partial charge in [-0.3, -0.25) is 4.79 Å². The maximum Gasteiger partial charge on any atom is 0.416 e. The van der Waals surface area contributed by atoms with E-state index in [0.29, 0.717) is 5.56 Å². The average molecular weight is 430 g/mol. The highest BCUT2D eigenvalue weighted by molar-refractivity contribution is 6.16. The highest BCUT2D eigenvalue weighted by Crippen LogP contribution is 2.30. The molecule has 0 radical (unpaired) electrons. The van der Waals surface area contributed by atoms with E-state index in [2.05, 4.69) is 11.5 Å². The third-order valence-corrected chi connectivity index (χ3v) is 5.76. The summed E-state index contributed by atoms with van der Waals surface area (Å²) in [5, 5.41) is 0.840. The molecule has 3 rings (SSSR count). The number of hydrogen-bond acceptors (Lipinski definition) is 1. The number of benzene rings is 2. The van der Waals surface area contributed by atoms with Crippen LogP contribution in [0.25, 0.3) is 10.9 Å². The number of halogens is 3. The summed E-state index contributed by atoms with van der Waals surface area (Å²) >= 11 is 0. The molecule has 0 aliphatic heterocycles. The fourth-order valence-electron chi connectivity index (χ4n) is 3.99. The zero-order valence-electron chi connectivity index (χ0n) is 18.0. The van der Waals surface area contributed by atoms with Crippen LogP contribution in [0.3, 0.4) is 0 Å². The Balaban J connectivity index is 1.68. The van der Waals surface area contributed by atoms with Crippen LogP contribution in [0.4, 0.5) is 13.2 Å². The van der Waals surface area contributed by atoms with Gasteiger partial charge >= 0.3 is 6.18 Å². The molecule has 1 aromatic heterocycles. The van der Waals surface area contributed by atoms with Gasteiger partial charge in [-0.2, -0.15) is 13.2 Å². The SMILES string of the molecule is CCCCCCCCCCn1cc(C(=O)c2ccc(C(F)(F)F)cc2)c2ccccc21. The molecule has 0 aliphatic rings. The molecule has 0 aliphatic carbocycles. The second kappa shape index (κ2) is 10.7. The van der Waals surface area contributed by atoms with Crippen LogP contribution in [0.2, 0.25) is 0 Å². The zero-order chi connectivity index (χ0) is 22.3. The third-order valence-electron chi connectivity index (χ3n) is 5.76. The van der Waals surface area contributed by atoms with Crippen molar-refractivity contribution >= 4 is 16.7 Å². The molecule has 0 fully saturated rings. The van der Waals surface area contributed by atoms with Gasteiger partial charge in [0.25, 0.3) is 0 Å². The Labute approximate surface area is 182 Å². The smallest absolute Gasteiger partial charge is 0.347 e. The number of para-hydroxylation sites is 1. The molecule has 1 heterocycles. The molecule has 3 aromatic rings. The van der Waals surface area contributed by atoms with Gasteiger partial charge in [0.15, 0.2) is 5.78 Å². The number of hydrogen-bond donors (Lipinski definition) is 0. The molecule has 0 unspecified atom stereocenters. The summed E-state index contributed by atoms with van der Waals surface area (Å²) in [5.41, 5.74) is 1.04. The Kier molecular flexibility index (Phi) is 7.94. The van der Waals surface area contributed by atoms with Crippen molar-refractivity contribution in [3.63, 3.8) is 0 Å². The van der Waals surface area contributed by atoms with Gasteiger partial charge in [0.1, 0.15) is 0 Å². The Hall–Kier alpha value is -2.56. The number of fused-ring (bicyclic) bond motifs is 1. The van der Waals surface area contributed by atoms with E-state index in [0.717, 1.165) is 42.4 Å². The number of alkyl halides is 3. The lowest BCUT2D eigenvalue weighted by molar-refractivity contribution is -0.137. The maximum atomic E-state index is 13.0. The summed E-state index contributed by atoms with van der Waals surface area (Å²) < 4.78 is 40.6. The molecule has 0 saturated carbocycles. The quantitative estimate of drug-likeness (QED) is 0.223. The molecule has 0 N–H and O–H groups in total. The molecule has 0 atom stereocenters. The molecule has 5 heteroatoms. The van der Waals surface area contributed by atoms with Gasteiger partial charge in [0.05, 0.1) is 5.56 Å². The van der Waals surface area contributed by atoms with E-state index in [1.165, 1.54) is 50.7 Å². The average Bonchev–Trinajstić information content (AvgIpc) is 3.13. The van der Waals surface area contributed by atoms with E-state index in [1.54, 1.807) is 0 Å². The number of carbonyl (C=O) groups excluding carboxylic acids is 1. The van der Waals surface area contributed by atoms with Gasteiger partial charge in [-0.1, -0.05) is 82.2 Å². The van der Waals surface area contributed by atoms with Gasteiger partial charge in [-0.25, -0.2) is 0 Å². The summed E-state index contributed by atoms with van der Waals surface area (Å²) in [6.45, 7) is 3.05. The molecule has 0 spiro atoms. The molecule has 2 nitrogen and oxygen atoms in total. The van der Waals surface area contributed by atoms with Crippen molar-refractivity contribution in [2.24, 2.45) is 0 Å². The van der Waals surface area contributed by atoms with E-state index >= 15 is 0 Å². The number of rotatable bonds is 11. The van der Waals surface area contributed by atoms with E-state index in [4.69, 9.17) is 0 Å². The fourth-order valence-corrected chi connectivity index (χ4v) is 3.99. The molecule has 0 bridgehead atoms. The van der Waals surface area contributed by atoms with Crippen LogP contribution in [-0.4, -0.2) is 10.4 Å². The van der Waals surface area contributed by atoms with Gasteiger partial charge in [-0.05, 0) is 24.6 Å². The molecular weight excluding hydrogens is 399 g/mol. The minimum atomic E-state index is -4.41. The highest BCUT2D eigenvalue weighted by Gasteiger charge is 2.30. The fraction of sp³-hybridized carbons (Fsp3) is 0.423. The number of aryl methyl sites for hydroxylation is 1. The minimum absolute atomic E-state index is 0.250. The van der Waals surface area contributed by atoms with Crippen LogP contribution < -0.4 is 0 Å². The normalized spacial score (nSPS) is 11.9. The lowest BCUT2D eigenvalue weighted by Crippen LogP contribution is -2.06. The highest BCUT2D eigenvalue weighted by atomic mass is 19.4. The summed E-state index contributed by atoms with van der Waals surface area (Å²) in [7, 11) is 0. The number of carbonyl (C=O) groups is 1. The number of aromatic nitrogens is 1. The van der Waals surface area contributed by atoms with E-state index in [1.807, 2.05) is 30.5 Å². The van der Waals surface area contributed by atoms with E-state index in [-0.39, 0.29) is 11.3 Å². The molecular formula is C26H30F3NO. The molecule has 2 aromatic carbocycles. The van der Waals surface area contributed by atoms with Crippen molar-refractivity contribution in [3.05, 3.63) is 71.4 Å². The summed E-state index contributed by atoms with van der Waals surface area (Å²) in [6.07, 6.45) is 7.31. The third kappa shape index (κ3) is 5.99. The van der Waals surface area contributed by atoms with Crippen LogP contribution in [0.15, 0.2) is 54.7 Å². The molecule has 31 heavy (non-hydrogen) atoms. The Morgan fingerprint density at radius 3 is 2.10 bits per heavy atom. The van der Waals surface area contributed by atoms with Crippen LogP contribution >= 0.6 is 0 Å². The first-order valence-corrected chi connectivity index (χ1v) is 11.2. The Morgan fingerprint density at radius 2 is 1.45 bits per heavy atom. The van der Waals surface area contributed by atoms with Crippen molar-refractivity contribution in [1.82, 2.24) is 4.57 Å². The molecule has 0 amide bonds. The second-order valence-electron chi connectivity index (χ2n) is 8.13. The van der Waals surface area contributed by atoms with Crippen molar-refractivity contribution in [1.29, 1.82) is 0 Å². The predicted molar refractivity (Wildman–Crippen MR) is 119 cm³/mol. The van der Waals surface area contributed by atoms with Gasteiger partial charge in [-0.15, -0.1) is 0 Å². The number of ketones is 1. The van der Waals surface area contributed by atoms with Gasteiger partial charge in [0.2, 0.25) is 0 Å². The zero-order valence-corrected chi connectivity index (χ0v) is 18.0. The lowest BCUT2D eigenvalue weighted by atomic mass is 10.0. The minimum Gasteiger partial charge on any atom is -0.347 e. The second-order valence-corrected chi connectivity index (χ2v) is 8.13.